The van der Waals surface area contributed by atoms with Crippen LogP contribution in [0.15, 0.2) is 48.5 Å². The molecule has 0 atom stereocenters. The van der Waals surface area contributed by atoms with Crippen LogP contribution in [0.25, 0.3) is 11.1 Å². The van der Waals surface area contributed by atoms with Gasteiger partial charge in [-0.2, -0.15) is 5.26 Å². The van der Waals surface area contributed by atoms with Gasteiger partial charge >= 0.3 is 25.7 Å². The van der Waals surface area contributed by atoms with Crippen LogP contribution in [0.2, 0.25) is 71.5 Å². The van der Waals surface area contributed by atoms with E-state index in [1.165, 1.54) is 5.19 Å². The normalized spacial score (nSPS) is 13.5. The lowest BCUT2D eigenvalue weighted by molar-refractivity contribution is 0.299. The van der Waals surface area contributed by atoms with Gasteiger partial charge < -0.3 is 16.5 Å². The lowest BCUT2D eigenvalue weighted by atomic mass is 10.0. The van der Waals surface area contributed by atoms with Crippen LogP contribution >= 0.6 is 0 Å². The average Bonchev–Trinajstić information content (AvgIpc) is 2.70. The number of nitriles is 1. The molecule has 2 aromatic carbocycles. The fourth-order valence-electron chi connectivity index (χ4n) is 5.04. The molecule has 0 unspecified atom stereocenters. The Balaban J connectivity index is 2.10. The van der Waals surface area contributed by atoms with Crippen molar-refractivity contribution in [2.45, 2.75) is 84.9 Å². The van der Waals surface area contributed by atoms with E-state index in [1.807, 2.05) is 24.3 Å². The highest BCUT2D eigenvalue weighted by molar-refractivity contribution is 6.94. The Kier molecular flexibility index (Phi) is 10.1. The Morgan fingerprint density at radius 1 is 0.611 bits per heavy atom. The van der Waals surface area contributed by atoms with Gasteiger partial charge in [0.2, 0.25) is 8.32 Å². The van der Waals surface area contributed by atoms with Crippen molar-refractivity contribution in [1.82, 2.24) is 0 Å². The van der Waals surface area contributed by atoms with Crippen molar-refractivity contribution in [3.63, 3.8) is 0 Å². The maximum absolute atomic E-state index is 9.03. The zero-order valence-electron chi connectivity index (χ0n) is 24.1. The number of hydrogen-bond acceptors (Lipinski definition) is 5. The van der Waals surface area contributed by atoms with E-state index in [4.69, 9.17) is 21.7 Å². The zero-order valence-corrected chi connectivity index (χ0v) is 29.1. The summed E-state index contributed by atoms with van der Waals surface area (Å²) >= 11 is 0. The monoisotopic (exact) mass is 575 g/mol. The molecule has 0 heterocycles. The number of benzene rings is 2. The van der Waals surface area contributed by atoms with E-state index >= 15 is 0 Å². The fourth-order valence-corrected chi connectivity index (χ4v) is 29.4. The highest BCUT2D eigenvalue weighted by Crippen LogP contribution is 2.28. The Morgan fingerprint density at radius 2 is 1.03 bits per heavy atom. The molecule has 0 radical (unpaired) electrons. The van der Waals surface area contributed by atoms with Crippen molar-refractivity contribution in [2.75, 3.05) is 0 Å². The highest BCUT2D eigenvalue weighted by atomic mass is 28.5. The van der Waals surface area contributed by atoms with Crippen molar-refractivity contribution in [2.24, 2.45) is 0 Å². The molecule has 0 aliphatic heterocycles. The highest BCUT2D eigenvalue weighted by Gasteiger charge is 2.45. The smallest absolute Gasteiger partial charge is 0.314 e. The standard InChI is InChI=1S/C26H45NO4Si5/c1-12-21-32(2,3)28-34(6,7)30-36(10,11)31-35(8,9)29-33(4,5)26-19-17-25(18-20-26)24-15-13-23(22-27)14-16-24/h13-20H,12,21H2,1-11H3. The van der Waals surface area contributed by atoms with Gasteiger partial charge in [0.1, 0.15) is 0 Å². The summed E-state index contributed by atoms with van der Waals surface area (Å²) in [4.78, 5) is 0. The van der Waals surface area contributed by atoms with Crippen molar-refractivity contribution in [3.05, 3.63) is 54.1 Å². The van der Waals surface area contributed by atoms with Gasteiger partial charge in [-0.3, -0.25) is 0 Å². The van der Waals surface area contributed by atoms with E-state index in [9.17, 15) is 0 Å². The number of nitrogens with zero attached hydrogens (tertiary/aromatic N) is 1. The lowest BCUT2D eigenvalue weighted by Gasteiger charge is -2.42. The summed E-state index contributed by atoms with van der Waals surface area (Å²) in [6.07, 6.45) is 1.14. The van der Waals surface area contributed by atoms with Gasteiger partial charge in [-0.1, -0.05) is 49.7 Å². The lowest BCUT2D eigenvalue weighted by Crippen LogP contribution is -2.60. The third kappa shape index (κ3) is 9.62. The summed E-state index contributed by atoms with van der Waals surface area (Å²) in [6.45, 7) is 24.1. The molecular weight excluding hydrogens is 531 g/mol. The third-order valence-electron chi connectivity index (χ3n) is 5.79. The Morgan fingerprint density at radius 3 is 1.47 bits per heavy atom. The van der Waals surface area contributed by atoms with Crippen LogP contribution in [-0.4, -0.2) is 42.3 Å². The van der Waals surface area contributed by atoms with Crippen LogP contribution in [-0.2, 0) is 16.5 Å². The molecule has 2 aromatic rings. The summed E-state index contributed by atoms with van der Waals surface area (Å²) in [7, 11) is -11.2. The molecule has 0 N–H and O–H groups in total. The van der Waals surface area contributed by atoms with Gasteiger partial charge in [-0.25, -0.2) is 0 Å². The van der Waals surface area contributed by atoms with Crippen LogP contribution in [0, 0.1) is 11.3 Å². The summed E-state index contributed by atoms with van der Waals surface area (Å²) in [5.41, 5.74) is 2.90. The maximum atomic E-state index is 9.03. The predicted octanol–water partition coefficient (Wildman–Crippen LogP) is 7.42. The predicted molar refractivity (Wildman–Crippen MR) is 163 cm³/mol. The minimum absolute atomic E-state index is 0.671. The summed E-state index contributed by atoms with van der Waals surface area (Å²) in [5.74, 6) is 0. The molecule has 5 nitrogen and oxygen atoms in total. The average molecular weight is 576 g/mol. The molecule has 0 amide bonds. The van der Waals surface area contributed by atoms with Crippen LogP contribution in [0.4, 0.5) is 0 Å². The van der Waals surface area contributed by atoms with E-state index in [1.54, 1.807) is 0 Å². The minimum atomic E-state index is -2.47. The van der Waals surface area contributed by atoms with E-state index < -0.39 is 42.3 Å². The van der Waals surface area contributed by atoms with Crippen molar-refractivity contribution >= 4 is 47.5 Å². The van der Waals surface area contributed by atoms with Gasteiger partial charge in [0.05, 0.1) is 11.6 Å². The second-order valence-electron chi connectivity index (χ2n) is 11.9. The Bertz CT molecular complexity index is 1050. The minimum Gasteiger partial charge on any atom is -0.436 e. The first-order valence-electron chi connectivity index (χ1n) is 12.8. The first kappa shape index (κ1) is 31.1. The molecule has 0 saturated carbocycles. The molecule has 198 valence electrons. The first-order valence-corrected chi connectivity index (χ1v) is 27.3. The molecule has 0 aromatic heterocycles. The van der Waals surface area contributed by atoms with Crippen molar-refractivity contribution in [3.8, 4) is 17.2 Å². The van der Waals surface area contributed by atoms with Crippen LogP contribution < -0.4 is 5.19 Å². The molecule has 0 aliphatic rings. The molecule has 0 spiro atoms. The Hall–Kier alpha value is -1.15. The molecule has 0 aliphatic carbocycles. The fraction of sp³-hybridized carbons (Fsp3) is 0.500. The largest absolute Gasteiger partial charge is 0.436 e. The topological polar surface area (TPSA) is 60.7 Å². The van der Waals surface area contributed by atoms with Gasteiger partial charge in [0.15, 0.2) is 8.32 Å². The van der Waals surface area contributed by atoms with Crippen LogP contribution in [0.5, 0.6) is 0 Å². The number of rotatable bonds is 12. The molecule has 36 heavy (non-hydrogen) atoms. The Labute approximate surface area is 224 Å². The molecule has 0 saturated heterocycles. The van der Waals surface area contributed by atoms with Gasteiger partial charge in [-0.15, -0.1) is 0 Å². The van der Waals surface area contributed by atoms with Crippen molar-refractivity contribution < 1.29 is 16.5 Å². The molecular formula is C26H45NO4Si5. The van der Waals surface area contributed by atoms with Gasteiger partial charge in [0.25, 0.3) is 0 Å². The summed E-state index contributed by atoms with van der Waals surface area (Å²) in [5, 5.41) is 10.3. The maximum Gasteiger partial charge on any atom is 0.314 e. The molecule has 10 heteroatoms. The van der Waals surface area contributed by atoms with E-state index in [0.29, 0.717) is 5.56 Å². The van der Waals surface area contributed by atoms with E-state index in [2.05, 4.69) is 103 Å². The summed E-state index contributed by atoms with van der Waals surface area (Å²) < 4.78 is 26.8. The second-order valence-corrected chi connectivity index (χ2v) is 31.2. The van der Waals surface area contributed by atoms with E-state index in [-0.39, 0.29) is 0 Å². The van der Waals surface area contributed by atoms with Gasteiger partial charge in [-0.05, 0) is 100.0 Å². The van der Waals surface area contributed by atoms with Gasteiger partial charge in [0, 0.05) is 0 Å². The van der Waals surface area contributed by atoms with Crippen molar-refractivity contribution in [1.29, 1.82) is 5.26 Å². The third-order valence-corrected chi connectivity index (χ3v) is 25.3. The zero-order chi connectivity index (χ0) is 27.4. The van der Waals surface area contributed by atoms with Crippen LogP contribution in [0.3, 0.4) is 0 Å². The quantitative estimate of drug-likeness (QED) is 0.246. The molecule has 0 fully saturated rings. The number of hydrogen-bond donors (Lipinski definition) is 0. The second kappa shape index (κ2) is 11.7. The summed E-state index contributed by atoms with van der Waals surface area (Å²) in [6, 6.07) is 19.6. The van der Waals surface area contributed by atoms with E-state index in [0.717, 1.165) is 23.6 Å². The SMILES string of the molecule is CCC[Si](C)(C)O[Si](C)(C)O[Si](C)(C)O[Si](C)(C)O[Si](C)(C)c1ccc(-c2ccc(C#N)cc2)cc1. The first-order chi connectivity index (χ1) is 16.4. The van der Waals surface area contributed by atoms with Crippen LogP contribution in [0.1, 0.15) is 18.9 Å². The molecule has 2 rings (SSSR count). The molecule has 0 bridgehead atoms.